The summed E-state index contributed by atoms with van der Waals surface area (Å²) in [6, 6.07) is 10.1. The van der Waals surface area contributed by atoms with Crippen LogP contribution in [-0.2, 0) is 14.3 Å². The van der Waals surface area contributed by atoms with Crippen LogP contribution in [0.2, 0.25) is 0 Å². The molecule has 0 saturated carbocycles. The lowest BCUT2D eigenvalue weighted by Gasteiger charge is -2.23. The van der Waals surface area contributed by atoms with E-state index in [1.807, 2.05) is 35.2 Å². The highest BCUT2D eigenvalue weighted by Crippen LogP contribution is 2.39. The van der Waals surface area contributed by atoms with E-state index in [2.05, 4.69) is 0 Å². The molecular weight excluding hydrogens is 230 g/mol. The maximum atomic E-state index is 12.3. The van der Waals surface area contributed by atoms with E-state index in [-0.39, 0.29) is 24.1 Å². The molecule has 18 heavy (non-hydrogen) atoms. The zero-order chi connectivity index (χ0) is 12.5. The largest absolute Gasteiger partial charge is 0.384 e. The number of methoxy groups -OCH3 is 1. The Balaban J connectivity index is 1.82. The van der Waals surface area contributed by atoms with Gasteiger partial charge >= 0.3 is 0 Å². The number of amides is 1. The predicted octanol–water partition coefficient (Wildman–Crippen LogP) is 1.58. The Hall–Kier alpha value is -1.39. The molecule has 4 nitrogen and oxygen atoms in total. The molecule has 2 heterocycles. The lowest BCUT2D eigenvalue weighted by molar-refractivity contribution is -0.138. The molecule has 96 valence electrons. The Morgan fingerprint density at radius 2 is 2.17 bits per heavy atom. The van der Waals surface area contributed by atoms with Crippen molar-refractivity contribution in [2.75, 3.05) is 20.3 Å². The zero-order valence-electron chi connectivity index (χ0n) is 10.4. The van der Waals surface area contributed by atoms with Crippen molar-refractivity contribution >= 4 is 5.91 Å². The van der Waals surface area contributed by atoms with E-state index in [1.165, 1.54) is 0 Å². The summed E-state index contributed by atoms with van der Waals surface area (Å²) in [4.78, 5) is 14.2. The number of hydrogen-bond acceptors (Lipinski definition) is 3. The van der Waals surface area contributed by atoms with Gasteiger partial charge < -0.3 is 14.4 Å². The van der Waals surface area contributed by atoms with Crippen LogP contribution < -0.4 is 0 Å². The van der Waals surface area contributed by atoms with Gasteiger partial charge in [-0.2, -0.15) is 0 Å². The summed E-state index contributed by atoms with van der Waals surface area (Å²) in [6.45, 7) is 1.14. The molecule has 4 heteroatoms. The molecule has 0 unspecified atom stereocenters. The van der Waals surface area contributed by atoms with Gasteiger partial charge in [-0.15, -0.1) is 0 Å². The second-order valence-corrected chi connectivity index (χ2v) is 4.88. The standard InChI is InChI=1S/C14H17NO3/c1-17-8-11-7-12-9-18-14(15(12)13(11)16)10-5-3-2-4-6-10/h2-6,11-12,14H,7-9H2,1H3/t11-,12+,14-/m1/s1. The molecule has 2 saturated heterocycles. The molecule has 0 bridgehead atoms. The molecule has 0 aromatic heterocycles. The van der Waals surface area contributed by atoms with Crippen LogP contribution in [0.3, 0.4) is 0 Å². The average Bonchev–Trinajstić information content (AvgIpc) is 2.93. The minimum absolute atomic E-state index is 0.00453. The van der Waals surface area contributed by atoms with E-state index in [0.717, 1.165) is 12.0 Å². The van der Waals surface area contributed by atoms with Crippen LogP contribution in [0.4, 0.5) is 0 Å². The summed E-state index contributed by atoms with van der Waals surface area (Å²) in [6.07, 6.45) is 0.626. The van der Waals surface area contributed by atoms with E-state index in [4.69, 9.17) is 9.47 Å². The van der Waals surface area contributed by atoms with Gasteiger partial charge in [-0.3, -0.25) is 4.79 Å². The Labute approximate surface area is 106 Å². The maximum Gasteiger partial charge on any atom is 0.230 e. The Bertz CT molecular complexity index is 434. The molecule has 0 radical (unpaired) electrons. The van der Waals surface area contributed by atoms with E-state index in [1.54, 1.807) is 7.11 Å². The number of benzene rings is 1. The van der Waals surface area contributed by atoms with Crippen molar-refractivity contribution in [2.24, 2.45) is 5.92 Å². The van der Waals surface area contributed by atoms with Crippen LogP contribution >= 0.6 is 0 Å². The summed E-state index contributed by atoms with van der Waals surface area (Å²) < 4.78 is 10.9. The predicted molar refractivity (Wildman–Crippen MR) is 65.8 cm³/mol. The monoisotopic (exact) mass is 247 g/mol. The summed E-state index contributed by atoms with van der Waals surface area (Å²) in [5, 5.41) is 0. The van der Waals surface area contributed by atoms with Crippen molar-refractivity contribution < 1.29 is 14.3 Å². The van der Waals surface area contributed by atoms with Gasteiger partial charge in [0.2, 0.25) is 5.91 Å². The molecule has 1 amide bonds. The number of nitrogens with zero attached hydrogens (tertiary/aromatic N) is 1. The number of ether oxygens (including phenoxy) is 2. The summed E-state index contributed by atoms with van der Waals surface area (Å²) in [7, 11) is 1.64. The second-order valence-electron chi connectivity index (χ2n) is 4.88. The topological polar surface area (TPSA) is 38.8 Å². The number of hydrogen-bond donors (Lipinski definition) is 0. The summed E-state index contributed by atoms with van der Waals surface area (Å²) in [5.41, 5.74) is 1.05. The molecule has 2 aliphatic rings. The van der Waals surface area contributed by atoms with Gasteiger partial charge in [0.25, 0.3) is 0 Å². The van der Waals surface area contributed by atoms with Crippen molar-refractivity contribution in [3.05, 3.63) is 35.9 Å². The molecule has 0 spiro atoms. The lowest BCUT2D eigenvalue weighted by atomic mass is 10.1. The van der Waals surface area contributed by atoms with Crippen LogP contribution in [0.25, 0.3) is 0 Å². The summed E-state index contributed by atoms with van der Waals surface area (Å²) in [5.74, 6) is 0.156. The summed E-state index contributed by atoms with van der Waals surface area (Å²) >= 11 is 0. The first-order valence-electron chi connectivity index (χ1n) is 6.29. The fraction of sp³-hybridized carbons (Fsp3) is 0.500. The molecule has 1 aromatic rings. The first kappa shape index (κ1) is 11.7. The Morgan fingerprint density at radius 1 is 1.39 bits per heavy atom. The highest BCUT2D eigenvalue weighted by atomic mass is 16.5. The maximum absolute atomic E-state index is 12.3. The minimum atomic E-state index is -0.217. The highest BCUT2D eigenvalue weighted by molar-refractivity contribution is 5.82. The lowest BCUT2D eigenvalue weighted by Crippen LogP contribution is -2.32. The van der Waals surface area contributed by atoms with Crippen molar-refractivity contribution in [2.45, 2.75) is 18.7 Å². The van der Waals surface area contributed by atoms with Crippen LogP contribution in [0.15, 0.2) is 30.3 Å². The molecule has 2 aliphatic heterocycles. The molecule has 2 fully saturated rings. The first-order chi connectivity index (χ1) is 8.81. The van der Waals surface area contributed by atoms with Crippen LogP contribution in [-0.4, -0.2) is 37.2 Å². The third kappa shape index (κ3) is 1.82. The van der Waals surface area contributed by atoms with Gasteiger partial charge in [-0.05, 0) is 6.42 Å². The zero-order valence-corrected chi connectivity index (χ0v) is 10.4. The second kappa shape index (κ2) is 4.71. The fourth-order valence-electron chi connectivity index (χ4n) is 2.89. The van der Waals surface area contributed by atoms with Gasteiger partial charge in [-0.1, -0.05) is 30.3 Å². The molecule has 3 rings (SSSR count). The number of rotatable bonds is 3. The van der Waals surface area contributed by atoms with Crippen LogP contribution in [0.5, 0.6) is 0 Å². The number of carbonyl (C=O) groups excluding carboxylic acids is 1. The van der Waals surface area contributed by atoms with E-state index in [0.29, 0.717) is 13.2 Å². The smallest absolute Gasteiger partial charge is 0.230 e. The third-order valence-corrected chi connectivity index (χ3v) is 3.71. The van der Waals surface area contributed by atoms with Crippen molar-refractivity contribution in [1.82, 2.24) is 4.90 Å². The van der Waals surface area contributed by atoms with E-state index >= 15 is 0 Å². The van der Waals surface area contributed by atoms with Gasteiger partial charge in [0.05, 0.1) is 25.2 Å². The van der Waals surface area contributed by atoms with Gasteiger partial charge in [-0.25, -0.2) is 0 Å². The van der Waals surface area contributed by atoms with Crippen molar-refractivity contribution in [3.8, 4) is 0 Å². The van der Waals surface area contributed by atoms with Crippen molar-refractivity contribution in [3.63, 3.8) is 0 Å². The van der Waals surface area contributed by atoms with Gasteiger partial charge in [0.15, 0.2) is 6.23 Å². The normalized spacial score (nSPS) is 30.8. The SMILES string of the molecule is COC[C@H]1C[C@H]2CO[C@H](c3ccccc3)N2C1=O. The number of fused-ring (bicyclic) bond motifs is 1. The third-order valence-electron chi connectivity index (χ3n) is 3.71. The van der Waals surface area contributed by atoms with Gasteiger partial charge in [0.1, 0.15) is 0 Å². The van der Waals surface area contributed by atoms with E-state index in [9.17, 15) is 4.79 Å². The molecule has 3 atom stereocenters. The minimum Gasteiger partial charge on any atom is -0.384 e. The highest BCUT2D eigenvalue weighted by Gasteiger charge is 2.47. The molecule has 0 aliphatic carbocycles. The molecular formula is C14H17NO3. The van der Waals surface area contributed by atoms with Crippen LogP contribution in [0.1, 0.15) is 18.2 Å². The van der Waals surface area contributed by atoms with E-state index < -0.39 is 0 Å². The van der Waals surface area contributed by atoms with Gasteiger partial charge in [0, 0.05) is 12.7 Å². The fourth-order valence-corrected chi connectivity index (χ4v) is 2.89. The Morgan fingerprint density at radius 3 is 2.89 bits per heavy atom. The first-order valence-corrected chi connectivity index (χ1v) is 6.29. The van der Waals surface area contributed by atoms with Crippen LogP contribution in [0, 0.1) is 5.92 Å². The Kier molecular flexibility index (Phi) is 3.06. The number of carbonyl (C=O) groups is 1. The molecule has 1 aromatic carbocycles. The average molecular weight is 247 g/mol. The molecule has 0 N–H and O–H groups in total. The quantitative estimate of drug-likeness (QED) is 0.814. The van der Waals surface area contributed by atoms with Crippen molar-refractivity contribution in [1.29, 1.82) is 0 Å².